The molecule has 0 saturated heterocycles. The van der Waals surface area contributed by atoms with Gasteiger partial charge in [0, 0.05) is 11.9 Å². The number of hydrogen-bond donors (Lipinski definition) is 0. The van der Waals surface area contributed by atoms with E-state index in [-0.39, 0.29) is 6.54 Å². The summed E-state index contributed by atoms with van der Waals surface area (Å²) < 4.78 is 23.5. The minimum Gasteiger partial charge on any atom is -0.297 e. The van der Waals surface area contributed by atoms with Crippen molar-refractivity contribution >= 4 is 15.9 Å². The highest BCUT2D eigenvalue weighted by molar-refractivity contribution is 9.09. The minimum absolute atomic E-state index is 0.109. The Morgan fingerprint density at radius 3 is 2.40 bits per heavy atom. The summed E-state index contributed by atoms with van der Waals surface area (Å²) in [7, 11) is 0. The lowest BCUT2D eigenvalue weighted by Crippen LogP contribution is -2.30. The van der Waals surface area contributed by atoms with Crippen molar-refractivity contribution in [2.24, 2.45) is 0 Å². The highest BCUT2D eigenvalue weighted by Crippen LogP contribution is 1.98. The van der Waals surface area contributed by atoms with Crippen molar-refractivity contribution < 1.29 is 8.78 Å². The molecule has 0 rings (SSSR count). The summed E-state index contributed by atoms with van der Waals surface area (Å²) in [5.41, 5.74) is 0. The molecule has 0 aromatic carbocycles. The SMILES string of the molecule is CCN(CCBr)CC(F)F. The Morgan fingerprint density at radius 2 is 2.10 bits per heavy atom. The molecule has 0 bridgehead atoms. The Labute approximate surface area is 68.5 Å². The van der Waals surface area contributed by atoms with Gasteiger partial charge in [0.15, 0.2) is 0 Å². The first-order chi connectivity index (χ1) is 4.70. The molecule has 0 aliphatic rings. The molecule has 0 atom stereocenters. The van der Waals surface area contributed by atoms with E-state index in [0.717, 1.165) is 5.33 Å². The quantitative estimate of drug-likeness (QED) is 0.635. The van der Waals surface area contributed by atoms with Crippen LogP contribution in [0.2, 0.25) is 0 Å². The van der Waals surface area contributed by atoms with Gasteiger partial charge in [-0.25, -0.2) is 8.78 Å². The molecule has 0 aliphatic heterocycles. The molecule has 10 heavy (non-hydrogen) atoms. The van der Waals surface area contributed by atoms with Crippen LogP contribution in [0.4, 0.5) is 8.78 Å². The molecule has 0 aromatic rings. The smallest absolute Gasteiger partial charge is 0.251 e. The predicted octanol–water partition coefficient (Wildman–Crippen LogP) is 1.97. The van der Waals surface area contributed by atoms with E-state index in [4.69, 9.17) is 0 Å². The van der Waals surface area contributed by atoms with Gasteiger partial charge >= 0.3 is 0 Å². The number of rotatable bonds is 5. The summed E-state index contributed by atoms with van der Waals surface area (Å²) >= 11 is 3.19. The average Bonchev–Trinajstić information content (AvgIpc) is 1.86. The van der Waals surface area contributed by atoms with Crippen LogP contribution in [0.5, 0.6) is 0 Å². The first-order valence-corrected chi connectivity index (χ1v) is 4.39. The third kappa shape index (κ3) is 5.11. The second-order valence-corrected chi connectivity index (χ2v) is 2.77. The molecule has 0 aromatic heterocycles. The second-order valence-electron chi connectivity index (χ2n) is 1.97. The fraction of sp³-hybridized carbons (Fsp3) is 1.00. The highest BCUT2D eigenvalue weighted by Gasteiger charge is 2.08. The zero-order valence-electron chi connectivity index (χ0n) is 5.99. The Balaban J connectivity index is 3.39. The summed E-state index contributed by atoms with van der Waals surface area (Å²) in [5, 5.41) is 0.758. The third-order valence-electron chi connectivity index (χ3n) is 1.24. The normalized spacial score (nSPS) is 11.4. The van der Waals surface area contributed by atoms with Crippen LogP contribution in [0.3, 0.4) is 0 Å². The molecular formula is C6H12BrF2N. The van der Waals surface area contributed by atoms with Gasteiger partial charge in [-0.05, 0) is 6.54 Å². The van der Waals surface area contributed by atoms with Gasteiger partial charge in [-0.1, -0.05) is 22.9 Å². The first kappa shape index (κ1) is 10.3. The maximum absolute atomic E-state index is 11.7. The number of nitrogens with zero attached hydrogens (tertiary/aromatic N) is 1. The summed E-state index contributed by atoms with van der Waals surface area (Å²) in [6, 6.07) is 0. The molecule has 0 amide bonds. The van der Waals surface area contributed by atoms with Gasteiger partial charge < -0.3 is 0 Å². The summed E-state index contributed by atoms with van der Waals surface area (Å²) in [6.07, 6.45) is -2.21. The molecule has 0 saturated carbocycles. The summed E-state index contributed by atoms with van der Waals surface area (Å²) in [6.45, 7) is 3.16. The summed E-state index contributed by atoms with van der Waals surface area (Å²) in [5.74, 6) is 0. The van der Waals surface area contributed by atoms with Gasteiger partial charge in [0.2, 0.25) is 0 Å². The second kappa shape index (κ2) is 6.04. The third-order valence-corrected chi connectivity index (χ3v) is 1.60. The molecule has 1 nitrogen and oxygen atoms in total. The maximum Gasteiger partial charge on any atom is 0.251 e. The van der Waals surface area contributed by atoms with Crippen LogP contribution in [0.15, 0.2) is 0 Å². The lowest BCUT2D eigenvalue weighted by atomic mass is 10.5. The van der Waals surface area contributed by atoms with E-state index in [1.54, 1.807) is 4.90 Å². The lowest BCUT2D eigenvalue weighted by Gasteiger charge is -2.17. The zero-order valence-corrected chi connectivity index (χ0v) is 7.57. The molecule has 62 valence electrons. The van der Waals surface area contributed by atoms with E-state index in [0.29, 0.717) is 13.1 Å². The van der Waals surface area contributed by atoms with Gasteiger partial charge in [0.05, 0.1) is 6.54 Å². The monoisotopic (exact) mass is 215 g/mol. The van der Waals surface area contributed by atoms with Crippen LogP contribution in [0.1, 0.15) is 6.92 Å². The van der Waals surface area contributed by atoms with Crippen LogP contribution >= 0.6 is 15.9 Å². The Morgan fingerprint density at radius 1 is 1.50 bits per heavy atom. The number of alkyl halides is 3. The molecule has 0 heterocycles. The van der Waals surface area contributed by atoms with Gasteiger partial charge in [-0.15, -0.1) is 0 Å². The Bertz CT molecular complexity index is 80.1. The maximum atomic E-state index is 11.7. The lowest BCUT2D eigenvalue weighted by molar-refractivity contribution is 0.0940. The van der Waals surface area contributed by atoms with Crippen LogP contribution in [-0.2, 0) is 0 Å². The topological polar surface area (TPSA) is 3.24 Å². The molecule has 0 radical (unpaired) electrons. The van der Waals surface area contributed by atoms with Crippen molar-refractivity contribution in [3.8, 4) is 0 Å². The van der Waals surface area contributed by atoms with E-state index in [2.05, 4.69) is 15.9 Å². The van der Waals surface area contributed by atoms with Crippen molar-refractivity contribution in [1.82, 2.24) is 4.90 Å². The van der Waals surface area contributed by atoms with Crippen molar-refractivity contribution in [3.63, 3.8) is 0 Å². The van der Waals surface area contributed by atoms with Crippen LogP contribution < -0.4 is 0 Å². The van der Waals surface area contributed by atoms with E-state index in [1.807, 2.05) is 6.92 Å². The molecule has 0 spiro atoms. The van der Waals surface area contributed by atoms with Crippen molar-refractivity contribution in [1.29, 1.82) is 0 Å². The van der Waals surface area contributed by atoms with E-state index in [1.165, 1.54) is 0 Å². The molecular weight excluding hydrogens is 204 g/mol. The van der Waals surface area contributed by atoms with Gasteiger partial charge in [-0.3, -0.25) is 4.90 Å². The first-order valence-electron chi connectivity index (χ1n) is 3.27. The van der Waals surface area contributed by atoms with Crippen molar-refractivity contribution in [3.05, 3.63) is 0 Å². The largest absolute Gasteiger partial charge is 0.297 e. The fourth-order valence-electron chi connectivity index (χ4n) is 0.693. The molecule has 0 aliphatic carbocycles. The standard InChI is InChI=1S/C6H12BrF2N/c1-2-10(4-3-7)5-6(8)9/h6H,2-5H2,1H3. The minimum atomic E-state index is -2.21. The van der Waals surface area contributed by atoms with E-state index in [9.17, 15) is 8.78 Å². The molecule has 0 N–H and O–H groups in total. The molecule has 0 unspecified atom stereocenters. The van der Waals surface area contributed by atoms with Crippen molar-refractivity contribution in [2.45, 2.75) is 13.3 Å². The number of halogens is 3. The van der Waals surface area contributed by atoms with Gasteiger partial charge in [-0.2, -0.15) is 0 Å². The van der Waals surface area contributed by atoms with Crippen LogP contribution in [0, 0.1) is 0 Å². The van der Waals surface area contributed by atoms with Crippen LogP contribution in [0.25, 0.3) is 0 Å². The van der Waals surface area contributed by atoms with Crippen molar-refractivity contribution in [2.75, 3.05) is 25.0 Å². The highest BCUT2D eigenvalue weighted by atomic mass is 79.9. The van der Waals surface area contributed by atoms with Gasteiger partial charge in [0.25, 0.3) is 6.43 Å². The Hall–Kier alpha value is 0.300. The molecule has 0 fully saturated rings. The predicted molar refractivity (Wildman–Crippen MR) is 41.9 cm³/mol. The van der Waals surface area contributed by atoms with Crippen LogP contribution in [-0.4, -0.2) is 36.3 Å². The average molecular weight is 216 g/mol. The van der Waals surface area contributed by atoms with Gasteiger partial charge in [0.1, 0.15) is 0 Å². The number of hydrogen-bond acceptors (Lipinski definition) is 1. The fourth-order valence-corrected chi connectivity index (χ4v) is 1.19. The van der Waals surface area contributed by atoms with E-state index >= 15 is 0 Å². The zero-order chi connectivity index (χ0) is 7.98. The Kier molecular flexibility index (Phi) is 6.22. The molecule has 4 heteroatoms. The van der Waals surface area contributed by atoms with E-state index < -0.39 is 6.43 Å². The summed E-state index contributed by atoms with van der Waals surface area (Å²) in [4.78, 5) is 1.71.